The highest BCUT2D eigenvalue weighted by Crippen LogP contribution is 2.27. The van der Waals surface area contributed by atoms with Gasteiger partial charge in [-0.05, 0) is 40.5 Å². The Morgan fingerprint density at radius 2 is 2.10 bits per heavy atom. The summed E-state index contributed by atoms with van der Waals surface area (Å²) in [4.78, 5) is 4.33. The molecule has 0 aliphatic rings. The topological polar surface area (TPSA) is 76.4 Å². The third-order valence-electron chi connectivity index (χ3n) is 2.96. The van der Waals surface area contributed by atoms with Gasteiger partial charge in [-0.2, -0.15) is 5.10 Å². The highest BCUT2D eigenvalue weighted by atomic mass is 79.9. The lowest BCUT2D eigenvalue weighted by Crippen LogP contribution is -2.15. The lowest BCUT2D eigenvalue weighted by Gasteiger charge is -2.10. The SMILES string of the molecule is Cc1cccc(Br)c1S(=O)(=O)Nc1cnn2cccnc12. The van der Waals surface area contributed by atoms with Gasteiger partial charge in [0, 0.05) is 16.9 Å². The van der Waals surface area contributed by atoms with Gasteiger partial charge in [-0.25, -0.2) is 17.9 Å². The molecule has 3 rings (SSSR count). The van der Waals surface area contributed by atoms with Crippen molar-refractivity contribution in [2.45, 2.75) is 11.8 Å². The van der Waals surface area contributed by atoms with Gasteiger partial charge >= 0.3 is 0 Å². The van der Waals surface area contributed by atoms with Crippen molar-refractivity contribution < 1.29 is 8.42 Å². The maximum Gasteiger partial charge on any atom is 0.263 e. The largest absolute Gasteiger partial charge is 0.274 e. The van der Waals surface area contributed by atoms with Crippen LogP contribution in [-0.4, -0.2) is 23.0 Å². The molecule has 0 aliphatic carbocycles. The number of nitrogens with one attached hydrogen (secondary N) is 1. The molecule has 0 radical (unpaired) electrons. The Labute approximate surface area is 130 Å². The van der Waals surface area contributed by atoms with Crippen LogP contribution in [0.1, 0.15) is 5.56 Å². The number of hydrogen-bond donors (Lipinski definition) is 1. The van der Waals surface area contributed by atoms with Crippen molar-refractivity contribution in [1.82, 2.24) is 14.6 Å². The minimum atomic E-state index is -3.73. The van der Waals surface area contributed by atoms with Gasteiger partial charge in [0.05, 0.1) is 6.20 Å². The van der Waals surface area contributed by atoms with E-state index in [1.54, 1.807) is 43.6 Å². The van der Waals surface area contributed by atoms with E-state index in [0.717, 1.165) is 0 Å². The second-order valence-electron chi connectivity index (χ2n) is 4.44. The van der Waals surface area contributed by atoms with E-state index in [4.69, 9.17) is 0 Å². The van der Waals surface area contributed by atoms with Gasteiger partial charge in [-0.15, -0.1) is 0 Å². The van der Waals surface area contributed by atoms with E-state index >= 15 is 0 Å². The van der Waals surface area contributed by atoms with Crippen molar-refractivity contribution in [2.24, 2.45) is 0 Å². The first kappa shape index (κ1) is 14.0. The normalized spacial score (nSPS) is 11.7. The molecule has 0 unspecified atom stereocenters. The van der Waals surface area contributed by atoms with Gasteiger partial charge in [0.15, 0.2) is 5.65 Å². The number of halogens is 1. The summed E-state index contributed by atoms with van der Waals surface area (Å²) in [5.41, 5.74) is 1.44. The molecule has 108 valence electrons. The van der Waals surface area contributed by atoms with Crippen LogP contribution in [0.15, 0.2) is 52.2 Å². The summed E-state index contributed by atoms with van der Waals surface area (Å²) in [7, 11) is -3.73. The van der Waals surface area contributed by atoms with E-state index in [2.05, 4.69) is 30.7 Å². The molecule has 0 amide bonds. The van der Waals surface area contributed by atoms with Crippen LogP contribution in [0, 0.1) is 6.92 Å². The standard InChI is InChI=1S/C13H11BrN4O2S/c1-9-4-2-5-10(14)12(9)21(19,20)17-11-8-16-18-7-3-6-15-13(11)18/h2-8,17H,1H3. The monoisotopic (exact) mass is 366 g/mol. The molecule has 8 heteroatoms. The minimum Gasteiger partial charge on any atom is -0.274 e. The smallest absolute Gasteiger partial charge is 0.263 e. The molecule has 0 bridgehead atoms. The first-order chi connectivity index (χ1) is 9.99. The van der Waals surface area contributed by atoms with E-state index in [1.807, 2.05) is 0 Å². The second kappa shape index (κ2) is 5.12. The molecule has 21 heavy (non-hydrogen) atoms. The van der Waals surface area contributed by atoms with E-state index in [1.165, 1.54) is 10.7 Å². The maximum atomic E-state index is 12.6. The first-order valence-corrected chi connectivity index (χ1v) is 8.33. The molecule has 0 atom stereocenters. The molecule has 1 aromatic carbocycles. The molecule has 6 nitrogen and oxygen atoms in total. The van der Waals surface area contributed by atoms with Gasteiger partial charge in [-0.1, -0.05) is 12.1 Å². The molecule has 3 aromatic rings. The Balaban J connectivity index is 2.08. The van der Waals surface area contributed by atoms with Crippen molar-refractivity contribution in [2.75, 3.05) is 4.72 Å². The zero-order valence-corrected chi connectivity index (χ0v) is 13.4. The summed E-state index contributed by atoms with van der Waals surface area (Å²) in [5, 5.41) is 4.06. The fourth-order valence-electron chi connectivity index (χ4n) is 2.05. The van der Waals surface area contributed by atoms with Crippen LogP contribution in [0.25, 0.3) is 5.65 Å². The van der Waals surface area contributed by atoms with E-state index in [-0.39, 0.29) is 4.90 Å². The number of benzene rings is 1. The summed E-state index contributed by atoms with van der Waals surface area (Å²) >= 11 is 3.28. The molecule has 2 aromatic heterocycles. The number of rotatable bonds is 3. The average Bonchev–Trinajstić information content (AvgIpc) is 2.81. The molecule has 0 saturated carbocycles. The summed E-state index contributed by atoms with van der Waals surface area (Å²) in [6.07, 6.45) is 4.72. The van der Waals surface area contributed by atoms with E-state index < -0.39 is 10.0 Å². The zero-order valence-electron chi connectivity index (χ0n) is 11.0. The number of anilines is 1. The zero-order chi connectivity index (χ0) is 15.0. The minimum absolute atomic E-state index is 0.209. The van der Waals surface area contributed by atoms with Crippen molar-refractivity contribution in [3.05, 3.63) is 52.9 Å². The Kier molecular flexibility index (Phi) is 3.42. The molecular weight excluding hydrogens is 356 g/mol. The fourth-order valence-corrected chi connectivity index (χ4v) is 4.51. The number of fused-ring (bicyclic) bond motifs is 1. The number of sulfonamides is 1. The van der Waals surface area contributed by atoms with Crippen LogP contribution in [-0.2, 0) is 10.0 Å². The first-order valence-electron chi connectivity index (χ1n) is 6.05. The molecule has 0 aliphatic heterocycles. The predicted octanol–water partition coefficient (Wildman–Crippen LogP) is 2.60. The second-order valence-corrected chi connectivity index (χ2v) is 6.91. The third kappa shape index (κ3) is 2.52. The van der Waals surface area contributed by atoms with Crippen LogP contribution in [0.5, 0.6) is 0 Å². The van der Waals surface area contributed by atoms with E-state index in [0.29, 0.717) is 21.4 Å². The number of nitrogens with zero attached hydrogens (tertiary/aromatic N) is 3. The van der Waals surface area contributed by atoms with Crippen molar-refractivity contribution in [1.29, 1.82) is 0 Å². The number of hydrogen-bond acceptors (Lipinski definition) is 4. The van der Waals surface area contributed by atoms with Crippen molar-refractivity contribution >= 4 is 37.3 Å². The predicted molar refractivity (Wildman–Crippen MR) is 82.7 cm³/mol. The third-order valence-corrected chi connectivity index (χ3v) is 5.45. The quantitative estimate of drug-likeness (QED) is 0.772. The van der Waals surface area contributed by atoms with Crippen LogP contribution >= 0.6 is 15.9 Å². The summed E-state index contributed by atoms with van der Waals surface area (Å²) < 4.78 is 29.7. The van der Waals surface area contributed by atoms with Gasteiger partial charge in [-0.3, -0.25) is 4.72 Å². The Morgan fingerprint density at radius 1 is 1.29 bits per heavy atom. The summed E-state index contributed by atoms with van der Waals surface area (Å²) in [5.74, 6) is 0. The highest BCUT2D eigenvalue weighted by molar-refractivity contribution is 9.10. The Morgan fingerprint density at radius 3 is 2.86 bits per heavy atom. The van der Waals surface area contributed by atoms with Crippen molar-refractivity contribution in [3.63, 3.8) is 0 Å². The Bertz CT molecular complexity index is 901. The molecular formula is C13H11BrN4O2S. The van der Waals surface area contributed by atoms with Crippen LogP contribution in [0.4, 0.5) is 5.69 Å². The van der Waals surface area contributed by atoms with Gasteiger partial charge in [0.2, 0.25) is 0 Å². The van der Waals surface area contributed by atoms with Gasteiger partial charge < -0.3 is 0 Å². The van der Waals surface area contributed by atoms with Gasteiger partial charge in [0.1, 0.15) is 10.6 Å². The Hall–Kier alpha value is -1.93. The molecule has 0 spiro atoms. The lowest BCUT2D eigenvalue weighted by molar-refractivity contribution is 0.600. The maximum absolute atomic E-state index is 12.6. The molecule has 0 saturated heterocycles. The average molecular weight is 367 g/mol. The number of aromatic nitrogens is 3. The van der Waals surface area contributed by atoms with Crippen LogP contribution in [0.3, 0.4) is 0 Å². The van der Waals surface area contributed by atoms with Gasteiger partial charge in [0.25, 0.3) is 10.0 Å². The van der Waals surface area contributed by atoms with E-state index in [9.17, 15) is 8.42 Å². The summed E-state index contributed by atoms with van der Waals surface area (Å²) in [6.45, 7) is 1.74. The fraction of sp³-hybridized carbons (Fsp3) is 0.0769. The van der Waals surface area contributed by atoms with Crippen LogP contribution in [0.2, 0.25) is 0 Å². The molecule has 1 N–H and O–H groups in total. The van der Waals surface area contributed by atoms with Crippen LogP contribution < -0.4 is 4.72 Å². The lowest BCUT2D eigenvalue weighted by atomic mass is 10.2. The molecule has 0 fully saturated rings. The number of aryl methyl sites for hydroxylation is 1. The van der Waals surface area contributed by atoms with Crippen molar-refractivity contribution in [3.8, 4) is 0 Å². The molecule has 2 heterocycles. The highest BCUT2D eigenvalue weighted by Gasteiger charge is 2.21. The summed E-state index contributed by atoms with van der Waals surface area (Å²) in [6, 6.07) is 6.94.